The summed E-state index contributed by atoms with van der Waals surface area (Å²) >= 11 is 0. The first-order chi connectivity index (χ1) is 12.1. The fourth-order valence-corrected chi connectivity index (χ4v) is 3.76. The number of allylic oxidation sites excluding steroid dienone is 1. The molecule has 1 aliphatic heterocycles. The zero-order chi connectivity index (χ0) is 17.7. The van der Waals surface area contributed by atoms with E-state index in [4.69, 9.17) is 4.74 Å². The fourth-order valence-electron chi connectivity index (χ4n) is 3.76. The van der Waals surface area contributed by atoms with Crippen LogP contribution in [-0.4, -0.2) is 25.5 Å². The molecule has 1 atom stereocenters. The zero-order valence-corrected chi connectivity index (χ0v) is 14.8. The van der Waals surface area contributed by atoms with Crippen molar-refractivity contribution in [2.24, 2.45) is 5.41 Å². The molecule has 0 saturated carbocycles. The van der Waals surface area contributed by atoms with Crippen LogP contribution in [0.1, 0.15) is 44.1 Å². The maximum Gasteiger partial charge on any atom is 0.224 e. The maximum absolute atomic E-state index is 12.3. The van der Waals surface area contributed by atoms with Gasteiger partial charge in [-0.1, -0.05) is 18.2 Å². The van der Waals surface area contributed by atoms with E-state index in [0.29, 0.717) is 25.8 Å². The van der Waals surface area contributed by atoms with Gasteiger partial charge in [-0.05, 0) is 49.8 Å². The van der Waals surface area contributed by atoms with E-state index in [1.54, 1.807) is 7.11 Å². The molecule has 25 heavy (non-hydrogen) atoms. The lowest BCUT2D eigenvalue weighted by Gasteiger charge is -2.42. The summed E-state index contributed by atoms with van der Waals surface area (Å²) in [4.78, 5) is 24.0. The molecule has 134 valence electrons. The number of piperidine rings is 1. The number of ether oxygens (including phenoxy) is 1. The molecular formula is C20H26N2O3. The monoisotopic (exact) mass is 342 g/mol. The van der Waals surface area contributed by atoms with E-state index in [0.717, 1.165) is 42.7 Å². The molecular weight excluding hydrogens is 316 g/mol. The molecule has 1 fully saturated rings. The molecule has 3 rings (SSSR count). The van der Waals surface area contributed by atoms with Crippen LogP contribution in [0.15, 0.2) is 36.0 Å². The largest absolute Gasteiger partial charge is 0.497 e. The summed E-state index contributed by atoms with van der Waals surface area (Å²) in [6.45, 7) is 0.607. The Kier molecular flexibility index (Phi) is 5.41. The van der Waals surface area contributed by atoms with Gasteiger partial charge in [0.15, 0.2) is 0 Å². The standard InChI is InChI=1S/C20H26N2O3/c1-25-16-6-4-5-15(13-16)8-9-18(23)21-14-20-11-3-2-7-17(20)22-19(24)10-12-20/h4-7,13H,2-3,8-12,14H2,1H3,(H,21,23)(H,22,24). The molecule has 2 N–H and O–H groups in total. The molecule has 1 aromatic carbocycles. The van der Waals surface area contributed by atoms with E-state index < -0.39 is 0 Å². The first kappa shape index (κ1) is 17.5. The lowest BCUT2D eigenvalue weighted by Crippen LogP contribution is -2.48. The van der Waals surface area contributed by atoms with E-state index in [1.165, 1.54) is 0 Å². The number of benzene rings is 1. The highest BCUT2D eigenvalue weighted by molar-refractivity contribution is 5.80. The molecule has 5 heteroatoms. The smallest absolute Gasteiger partial charge is 0.224 e. The summed E-state index contributed by atoms with van der Waals surface area (Å²) < 4.78 is 5.21. The Balaban J connectivity index is 1.53. The van der Waals surface area contributed by atoms with Crippen molar-refractivity contribution in [3.8, 4) is 5.75 Å². The number of methoxy groups -OCH3 is 1. The second kappa shape index (κ2) is 7.72. The van der Waals surface area contributed by atoms with Crippen molar-refractivity contribution in [1.29, 1.82) is 0 Å². The summed E-state index contributed by atoms with van der Waals surface area (Å²) in [6, 6.07) is 7.81. The second-order valence-corrected chi connectivity index (χ2v) is 6.97. The van der Waals surface area contributed by atoms with Crippen molar-refractivity contribution in [1.82, 2.24) is 10.6 Å². The molecule has 0 bridgehead atoms. The Morgan fingerprint density at radius 2 is 2.24 bits per heavy atom. The average molecular weight is 342 g/mol. The SMILES string of the molecule is COc1cccc(CCC(=O)NCC23CCCC=C2NC(=O)CC3)c1. The van der Waals surface area contributed by atoms with Gasteiger partial charge < -0.3 is 15.4 Å². The van der Waals surface area contributed by atoms with Crippen LogP contribution >= 0.6 is 0 Å². The molecule has 0 spiro atoms. The van der Waals surface area contributed by atoms with Crippen LogP contribution in [0.5, 0.6) is 5.75 Å². The number of hydrogen-bond acceptors (Lipinski definition) is 3. The first-order valence-corrected chi connectivity index (χ1v) is 9.01. The number of aryl methyl sites for hydroxylation is 1. The highest BCUT2D eigenvalue weighted by Gasteiger charge is 2.40. The minimum Gasteiger partial charge on any atom is -0.497 e. The number of hydrogen-bond donors (Lipinski definition) is 2. The Hall–Kier alpha value is -2.30. The van der Waals surface area contributed by atoms with E-state index in [1.807, 2.05) is 24.3 Å². The number of carbonyl (C=O) groups excluding carboxylic acids is 2. The summed E-state index contributed by atoms with van der Waals surface area (Å²) in [6.07, 6.45) is 7.76. The number of nitrogens with one attached hydrogen (secondary N) is 2. The Morgan fingerprint density at radius 3 is 3.08 bits per heavy atom. The maximum atomic E-state index is 12.3. The molecule has 2 amide bonds. The fraction of sp³-hybridized carbons (Fsp3) is 0.500. The van der Waals surface area contributed by atoms with Gasteiger partial charge in [0.05, 0.1) is 7.11 Å². The van der Waals surface area contributed by atoms with Gasteiger partial charge in [-0.25, -0.2) is 0 Å². The molecule has 2 aliphatic rings. The predicted molar refractivity (Wildman–Crippen MR) is 96.1 cm³/mol. The van der Waals surface area contributed by atoms with Gasteiger partial charge in [-0.3, -0.25) is 9.59 Å². The quantitative estimate of drug-likeness (QED) is 0.835. The van der Waals surface area contributed by atoms with Crippen molar-refractivity contribution in [3.05, 3.63) is 41.6 Å². The van der Waals surface area contributed by atoms with Crippen molar-refractivity contribution >= 4 is 11.8 Å². The molecule has 0 radical (unpaired) electrons. The van der Waals surface area contributed by atoms with E-state index in [-0.39, 0.29) is 17.2 Å². The van der Waals surface area contributed by atoms with Gasteiger partial charge in [-0.15, -0.1) is 0 Å². The van der Waals surface area contributed by atoms with E-state index in [9.17, 15) is 9.59 Å². The van der Waals surface area contributed by atoms with Crippen molar-refractivity contribution < 1.29 is 14.3 Å². The normalized spacial score (nSPS) is 22.4. The highest BCUT2D eigenvalue weighted by Crippen LogP contribution is 2.42. The average Bonchev–Trinajstić information content (AvgIpc) is 2.65. The first-order valence-electron chi connectivity index (χ1n) is 9.01. The third-order valence-corrected chi connectivity index (χ3v) is 5.28. The zero-order valence-electron chi connectivity index (χ0n) is 14.8. The molecule has 1 aromatic rings. The van der Waals surface area contributed by atoms with Gasteiger partial charge in [0.1, 0.15) is 5.75 Å². The van der Waals surface area contributed by atoms with Crippen molar-refractivity contribution in [3.63, 3.8) is 0 Å². The minimum absolute atomic E-state index is 0.0546. The van der Waals surface area contributed by atoms with Crippen molar-refractivity contribution in [2.75, 3.05) is 13.7 Å². The van der Waals surface area contributed by atoms with Crippen LogP contribution in [0.3, 0.4) is 0 Å². The Morgan fingerprint density at radius 1 is 1.36 bits per heavy atom. The van der Waals surface area contributed by atoms with Crippen LogP contribution in [-0.2, 0) is 16.0 Å². The molecule has 1 aliphatic carbocycles. The summed E-state index contributed by atoms with van der Waals surface area (Å²) in [5.74, 6) is 0.957. The van der Waals surface area contributed by atoms with Gasteiger partial charge in [-0.2, -0.15) is 0 Å². The summed E-state index contributed by atoms with van der Waals surface area (Å²) in [5.41, 5.74) is 2.02. The third kappa shape index (κ3) is 4.21. The van der Waals surface area contributed by atoms with Crippen LogP contribution < -0.4 is 15.4 Å². The number of fused-ring (bicyclic) bond motifs is 1. The van der Waals surface area contributed by atoms with Gasteiger partial charge in [0.2, 0.25) is 11.8 Å². The van der Waals surface area contributed by atoms with Gasteiger partial charge in [0, 0.05) is 30.5 Å². The van der Waals surface area contributed by atoms with Gasteiger partial charge in [0.25, 0.3) is 0 Å². The summed E-state index contributed by atoms with van der Waals surface area (Å²) in [7, 11) is 1.64. The van der Waals surface area contributed by atoms with Crippen molar-refractivity contribution in [2.45, 2.75) is 44.9 Å². The van der Waals surface area contributed by atoms with E-state index >= 15 is 0 Å². The predicted octanol–water partition coefficient (Wildman–Crippen LogP) is 2.71. The van der Waals surface area contributed by atoms with Crippen LogP contribution in [0.4, 0.5) is 0 Å². The second-order valence-electron chi connectivity index (χ2n) is 6.97. The topological polar surface area (TPSA) is 67.4 Å². The Labute approximate surface area is 148 Å². The molecule has 1 unspecified atom stereocenters. The minimum atomic E-state index is -0.0855. The molecule has 5 nitrogen and oxygen atoms in total. The van der Waals surface area contributed by atoms with E-state index in [2.05, 4.69) is 16.7 Å². The highest BCUT2D eigenvalue weighted by atomic mass is 16.5. The number of amides is 2. The Bertz CT molecular complexity index is 683. The number of rotatable bonds is 6. The van der Waals surface area contributed by atoms with Crippen LogP contribution in [0, 0.1) is 5.41 Å². The number of carbonyl (C=O) groups is 2. The lowest BCUT2D eigenvalue weighted by molar-refractivity contribution is -0.123. The molecule has 0 aromatic heterocycles. The molecule has 1 heterocycles. The van der Waals surface area contributed by atoms with Crippen LogP contribution in [0.2, 0.25) is 0 Å². The third-order valence-electron chi connectivity index (χ3n) is 5.28. The lowest BCUT2D eigenvalue weighted by atomic mass is 9.70. The molecule has 1 saturated heterocycles. The summed E-state index contributed by atoms with van der Waals surface area (Å²) in [5, 5.41) is 6.10. The van der Waals surface area contributed by atoms with Crippen LogP contribution in [0.25, 0.3) is 0 Å². The van der Waals surface area contributed by atoms with Gasteiger partial charge >= 0.3 is 0 Å².